The molecule has 0 saturated carbocycles. The standard InChI is InChI=1S/C22H32N4O5/c1-16-5-6-19-17(14-16)21(28)24-7-10-26(9-3-4-20(27)23-8-12-31-19)22(29)18-15-30-13-11-25(18)2/h5-6,14,18H,3-4,7-13,15H2,1-2H3,(H,23,27)(H,24,28)/t18-/m0/s1. The molecule has 1 saturated heterocycles. The summed E-state index contributed by atoms with van der Waals surface area (Å²) in [7, 11) is 1.91. The zero-order chi connectivity index (χ0) is 22.2. The Kier molecular flexibility index (Phi) is 8.25. The quantitative estimate of drug-likeness (QED) is 0.657. The van der Waals surface area contributed by atoms with Gasteiger partial charge in [-0.15, -0.1) is 0 Å². The third-order valence-corrected chi connectivity index (χ3v) is 5.55. The highest BCUT2D eigenvalue weighted by atomic mass is 16.5. The van der Waals surface area contributed by atoms with E-state index in [9.17, 15) is 14.4 Å². The van der Waals surface area contributed by atoms with E-state index in [1.54, 1.807) is 17.0 Å². The fraction of sp³-hybridized carbons (Fsp3) is 0.591. The van der Waals surface area contributed by atoms with E-state index in [0.717, 1.165) is 5.56 Å². The maximum atomic E-state index is 13.1. The number of nitrogens with zero attached hydrogens (tertiary/aromatic N) is 2. The molecule has 1 fully saturated rings. The average molecular weight is 433 g/mol. The van der Waals surface area contributed by atoms with E-state index in [2.05, 4.69) is 10.6 Å². The summed E-state index contributed by atoms with van der Waals surface area (Å²) in [5.74, 6) is 0.104. The number of likely N-dealkylation sites (N-methyl/N-ethyl adjacent to an activating group) is 1. The van der Waals surface area contributed by atoms with Crippen LogP contribution >= 0.6 is 0 Å². The first-order valence-corrected chi connectivity index (χ1v) is 10.8. The number of hydrogen-bond donors (Lipinski definition) is 2. The Balaban J connectivity index is 1.73. The van der Waals surface area contributed by atoms with Gasteiger partial charge in [-0.3, -0.25) is 19.3 Å². The Bertz CT molecular complexity index is 800. The van der Waals surface area contributed by atoms with Crippen molar-refractivity contribution in [3.8, 4) is 5.75 Å². The molecule has 2 aliphatic heterocycles. The molecule has 2 N–H and O–H groups in total. The summed E-state index contributed by atoms with van der Waals surface area (Å²) in [6.45, 7) is 5.29. The van der Waals surface area contributed by atoms with Gasteiger partial charge in [0.15, 0.2) is 0 Å². The lowest BCUT2D eigenvalue weighted by Crippen LogP contribution is -2.54. The van der Waals surface area contributed by atoms with Crippen molar-refractivity contribution in [3.05, 3.63) is 29.3 Å². The lowest BCUT2D eigenvalue weighted by Gasteiger charge is -2.35. The number of amides is 3. The molecule has 9 nitrogen and oxygen atoms in total. The van der Waals surface area contributed by atoms with Crippen LogP contribution in [0.15, 0.2) is 18.2 Å². The summed E-state index contributed by atoms with van der Waals surface area (Å²) >= 11 is 0. The molecule has 2 aliphatic rings. The van der Waals surface area contributed by atoms with Gasteiger partial charge in [0.25, 0.3) is 5.91 Å². The number of ether oxygens (including phenoxy) is 2. The highest BCUT2D eigenvalue weighted by Gasteiger charge is 2.30. The van der Waals surface area contributed by atoms with E-state index in [1.807, 2.05) is 24.9 Å². The van der Waals surface area contributed by atoms with E-state index in [0.29, 0.717) is 70.1 Å². The van der Waals surface area contributed by atoms with Crippen LogP contribution in [-0.2, 0) is 14.3 Å². The lowest BCUT2D eigenvalue weighted by molar-refractivity contribution is -0.142. The number of benzene rings is 1. The predicted octanol–water partition coefficient (Wildman–Crippen LogP) is 0.173. The van der Waals surface area contributed by atoms with E-state index >= 15 is 0 Å². The maximum absolute atomic E-state index is 13.1. The smallest absolute Gasteiger partial charge is 0.255 e. The van der Waals surface area contributed by atoms with Crippen LogP contribution in [0.2, 0.25) is 0 Å². The molecular weight excluding hydrogens is 400 g/mol. The van der Waals surface area contributed by atoms with Gasteiger partial charge >= 0.3 is 0 Å². The molecule has 0 aliphatic carbocycles. The monoisotopic (exact) mass is 432 g/mol. The second-order valence-corrected chi connectivity index (χ2v) is 7.95. The first-order valence-electron chi connectivity index (χ1n) is 10.8. The van der Waals surface area contributed by atoms with Crippen LogP contribution in [0.5, 0.6) is 5.75 Å². The van der Waals surface area contributed by atoms with Crippen molar-refractivity contribution < 1.29 is 23.9 Å². The molecule has 0 unspecified atom stereocenters. The van der Waals surface area contributed by atoms with Crippen molar-refractivity contribution >= 4 is 17.7 Å². The van der Waals surface area contributed by atoms with Gasteiger partial charge in [0.1, 0.15) is 18.4 Å². The van der Waals surface area contributed by atoms with Gasteiger partial charge in [0.2, 0.25) is 11.8 Å². The number of carbonyl (C=O) groups is 3. The molecule has 0 bridgehead atoms. The third kappa shape index (κ3) is 6.41. The van der Waals surface area contributed by atoms with Crippen LogP contribution in [0.4, 0.5) is 0 Å². The van der Waals surface area contributed by atoms with Crippen molar-refractivity contribution in [2.45, 2.75) is 25.8 Å². The largest absolute Gasteiger partial charge is 0.491 e. The van der Waals surface area contributed by atoms with Gasteiger partial charge in [-0.05, 0) is 32.5 Å². The van der Waals surface area contributed by atoms with Crippen molar-refractivity contribution in [1.29, 1.82) is 0 Å². The van der Waals surface area contributed by atoms with Crippen LogP contribution in [0.25, 0.3) is 0 Å². The molecule has 0 radical (unpaired) electrons. The summed E-state index contributed by atoms with van der Waals surface area (Å²) in [5, 5.41) is 5.73. The first-order chi connectivity index (χ1) is 15.0. The minimum absolute atomic E-state index is 0.0410. The molecule has 2 heterocycles. The van der Waals surface area contributed by atoms with E-state index < -0.39 is 0 Å². The zero-order valence-corrected chi connectivity index (χ0v) is 18.3. The minimum atomic E-state index is -0.350. The second-order valence-electron chi connectivity index (χ2n) is 7.95. The summed E-state index contributed by atoms with van der Waals surface area (Å²) in [6.07, 6.45) is 0.867. The van der Waals surface area contributed by atoms with Crippen LogP contribution in [-0.4, -0.2) is 93.2 Å². The number of fused-ring (bicyclic) bond motifs is 1. The fourth-order valence-electron chi connectivity index (χ4n) is 3.71. The Morgan fingerprint density at radius 3 is 2.74 bits per heavy atom. The Labute approximate surface area is 183 Å². The van der Waals surface area contributed by atoms with E-state index in [4.69, 9.17) is 9.47 Å². The van der Waals surface area contributed by atoms with Gasteiger partial charge in [-0.1, -0.05) is 11.6 Å². The van der Waals surface area contributed by atoms with Gasteiger partial charge in [0.05, 0.1) is 25.3 Å². The van der Waals surface area contributed by atoms with E-state index in [-0.39, 0.29) is 30.4 Å². The highest BCUT2D eigenvalue weighted by molar-refractivity contribution is 5.97. The van der Waals surface area contributed by atoms with Gasteiger partial charge in [-0.2, -0.15) is 0 Å². The van der Waals surface area contributed by atoms with Crippen LogP contribution < -0.4 is 15.4 Å². The maximum Gasteiger partial charge on any atom is 0.255 e. The molecule has 170 valence electrons. The molecule has 0 spiro atoms. The number of nitrogens with one attached hydrogen (secondary N) is 2. The van der Waals surface area contributed by atoms with Crippen LogP contribution in [0.1, 0.15) is 28.8 Å². The molecule has 1 atom stereocenters. The van der Waals surface area contributed by atoms with Crippen molar-refractivity contribution in [3.63, 3.8) is 0 Å². The molecule has 0 aromatic heterocycles. The topological polar surface area (TPSA) is 100 Å². The summed E-state index contributed by atoms with van der Waals surface area (Å²) in [5.41, 5.74) is 1.39. The van der Waals surface area contributed by atoms with Crippen molar-refractivity contribution in [2.75, 3.05) is 59.6 Å². The fourth-order valence-corrected chi connectivity index (χ4v) is 3.71. The predicted molar refractivity (Wildman–Crippen MR) is 115 cm³/mol. The number of hydrogen-bond acceptors (Lipinski definition) is 6. The second kappa shape index (κ2) is 11.1. The number of carbonyl (C=O) groups excluding carboxylic acids is 3. The Morgan fingerprint density at radius 1 is 1.10 bits per heavy atom. The van der Waals surface area contributed by atoms with Crippen molar-refractivity contribution in [2.24, 2.45) is 0 Å². The number of morpholine rings is 1. The molecule has 3 amide bonds. The first kappa shape index (κ1) is 23.0. The summed E-state index contributed by atoms with van der Waals surface area (Å²) < 4.78 is 11.2. The number of aryl methyl sites for hydroxylation is 1. The van der Waals surface area contributed by atoms with Crippen LogP contribution in [0, 0.1) is 6.92 Å². The Morgan fingerprint density at radius 2 is 1.94 bits per heavy atom. The molecular formula is C22H32N4O5. The zero-order valence-electron chi connectivity index (χ0n) is 18.3. The highest BCUT2D eigenvalue weighted by Crippen LogP contribution is 2.20. The van der Waals surface area contributed by atoms with Gasteiger partial charge < -0.3 is 25.0 Å². The molecule has 31 heavy (non-hydrogen) atoms. The molecule has 1 aromatic rings. The minimum Gasteiger partial charge on any atom is -0.491 e. The van der Waals surface area contributed by atoms with Gasteiger partial charge in [0, 0.05) is 32.6 Å². The lowest BCUT2D eigenvalue weighted by atomic mass is 10.1. The molecule has 9 heteroatoms. The number of rotatable bonds is 1. The summed E-state index contributed by atoms with van der Waals surface area (Å²) in [6, 6.07) is 5.07. The van der Waals surface area contributed by atoms with Crippen LogP contribution in [0.3, 0.4) is 0 Å². The van der Waals surface area contributed by atoms with Crippen molar-refractivity contribution in [1.82, 2.24) is 20.4 Å². The SMILES string of the molecule is Cc1ccc2c(c1)C(=O)NCCN(C(=O)[C@@H]1COCCN1C)CCCC(=O)NCCO2. The summed E-state index contributed by atoms with van der Waals surface area (Å²) in [4.78, 5) is 41.8. The normalized spacial score (nSPS) is 22.3. The Hall–Kier alpha value is -2.65. The van der Waals surface area contributed by atoms with Gasteiger partial charge in [-0.25, -0.2) is 0 Å². The third-order valence-electron chi connectivity index (χ3n) is 5.55. The van der Waals surface area contributed by atoms with E-state index in [1.165, 1.54) is 0 Å². The molecule has 1 aromatic carbocycles. The molecule has 3 rings (SSSR count). The average Bonchev–Trinajstić information content (AvgIpc) is 2.76.